The summed E-state index contributed by atoms with van der Waals surface area (Å²) >= 11 is 0. The lowest BCUT2D eigenvalue weighted by Crippen LogP contribution is -2.44. The second kappa shape index (κ2) is 6.24. The van der Waals surface area contributed by atoms with E-state index in [4.69, 9.17) is 4.74 Å². The van der Waals surface area contributed by atoms with Gasteiger partial charge in [0.2, 0.25) is 0 Å². The summed E-state index contributed by atoms with van der Waals surface area (Å²) in [6.45, 7) is 6.88. The Morgan fingerprint density at radius 3 is 2.79 bits per heavy atom. The summed E-state index contributed by atoms with van der Waals surface area (Å²) in [4.78, 5) is 33.8. The zero-order valence-corrected chi connectivity index (χ0v) is 14.4. The highest BCUT2D eigenvalue weighted by Crippen LogP contribution is 2.22. The van der Waals surface area contributed by atoms with Crippen LogP contribution >= 0.6 is 0 Å². The molecule has 0 unspecified atom stereocenters. The van der Waals surface area contributed by atoms with Crippen molar-refractivity contribution in [3.63, 3.8) is 0 Å². The second-order valence-electron chi connectivity index (χ2n) is 6.28. The van der Waals surface area contributed by atoms with Crippen LogP contribution in [-0.2, 0) is 11.8 Å². The van der Waals surface area contributed by atoms with Crippen molar-refractivity contribution in [3.8, 4) is 0 Å². The molecule has 128 valence electrons. The van der Waals surface area contributed by atoms with E-state index in [1.807, 2.05) is 38.6 Å². The number of carbonyl (C=O) groups excluding carboxylic acids is 1. The van der Waals surface area contributed by atoms with Crippen LogP contribution in [-0.4, -0.2) is 45.0 Å². The van der Waals surface area contributed by atoms with Gasteiger partial charge in [0.15, 0.2) is 0 Å². The van der Waals surface area contributed by atoms with Crippen molar-refractivity contribution < 1.29 is 9.53 Å². The SMILES string of the molecule is Cc1cn(C)c([C@H]2CN(C(=O)c3cc(C)c(C)[nH]c3=O)CCO2)n1. The fourth-order valence-electron chi connectivity index (χ4n) is 2.98. The van der Waals surface area contributed by atoms with Crippen LogP contribution in [0.5, 0.6) is 0 Å². The fourth-order valence-corrected chi connectivity index (χ4v) is 2.98. The Labute approximate surface area is 140 Å². The third kappa shape index (κ3) is 2.99. The Kier molecular flexibility index (Phi) is 4.28. The number of aromatic nitrogens is 3. The minimum Gasteiger partial charge on any atom is -0.367 e. The molecular formula is C17H22N4O3. The summed E-state index contributed by atoms with van der Waals surface area (Å²) in [5.41, 5.74) is 2.40. The van der Waals surface area contributed by atoms with Crippen LogP contribution in [0.2, 0.25) is 0 Å². The van der Waals surface area contributed by atoms with Gasteiger partial charge < -0.3 is 19.2 Å². The number of pyridine rings is 1. The smallest absolute Gasteiger partial charge is 0.261 e. The van der Waals surface area contributed by atoms with Gasteiger partial charge in [-0.15, -0.1) is 0 Å². The van der Waals surface area contributed by atoms with Gasteiger partial charge in [-0.1, -0.05) is 0 Å². The van der Waals surface area contributed by atoms with Crippen LogP contribution in [0.15, 0.2) is 17.1 Å². The van der Waals surface area contributed by atoms with E-state index < -0.39 is 0 Å². The van der Waals surface area contributed by atoms with Crippen molar-refractivity contribution in [2.24, 2.45) is 7.05 Å². The number of ether oxygens (including phenoxy) is 1. The second-order valence-corrected chi connectivity index (χ2v) is 6.28. The van der Waals surface area contributed by atoms with Crippen molar-refractivity contribution in [1.29, 1.82) is 0 Å². The van der Waals surface area contributed by atoms with Crippen LogP contribution in [0.4, 0.5) is 0 Å². The molecule has 0 bridgehead atoms. The van der Waals surface area contributed by atoms with Crippen molar-refractivity contribution in [2.45, 2.75) is 26.9 Å². The van der Waals surface area contributed by atoms with Crippen LogP contribution in [0.1, 0.15) is 39.2 Å². The van der Waals surface area contributed by atoms with Gasteiger partial charge in [0.25, 0.3) is 11.5 Å². The lowest BCUT2D eigenvalue weighted by Gasteiger charge is -2.32. The Morgan fingerprint density at radius 1 is 1.38 bits per heavy atom. The minimum absolute atomic E-state index is 0.176. The summed E-state index contributed by atoms with van der Waals surface area (Å²) in [5.74, 6) is 0.526. The molecule has 24 heavy (non-hydrogen) atoms. The predicted octanol–water partition coefficient (Wildman–Crippen LogP) is 1.25. The predicted molar refractivity (Wildman–Crippen MR) is 89.1 cm³/mol. The average molecular weight is 330 g/mol. The molecule has 1 N–H and O–H groups in total. The van der Waals surface area contributed by atoms with E-state index in [0.717, 1.165) is 22.8 Å². The largest absolute Gasteiger partial charge is 0.367 e. The highest BCUT2D eigenvalue weighted by molar-refractivity contribution is 5.94. The number of aryl methyl sites for hydroxylation is 4. The van der Waals surface area contributed by atoms with Crippen molar-refractivity contribution in [1.82, 2.24) is 19.4 Å². The normalized spacial score (nSPS) is 18.0. The number of amides is 1. The fraction of sp³-hybridized carbons (Fsp3) is 0.471. The summed E-state index contributed by atoms with van der Waals surface area (Å²) in [6, 6.07) is 1.66. The highest BCUT2D eigenvalue weighted by Gasteiger charge is 2.29. The summed E-state index contributed by atoms with van der Waals surface area (Å²) in [6.07, 6.45) is 1.64. The number of carbonyl (C=O) groups is 1. The van der Waals surface area contributed by atoms with Gasteiger partial charge in [-0.3, -0.25) is 9.59 Å². The molecule has 1 amide bonds. The number of hydrogen-bond donors (Lipinski definition) is 1. The molecule has 0 saturated carbocycles. The quantitative estimate of drug-likeness (QED) is 0.898. The van der Waals surface area contributed by atoms with E-state index in [-0.39, 0.29) is 23.1 Å². The lowest BCUT2D eigenvalue weighted by molar-refractivity contribution is -0.0280. The van der Waals surface area contributed by atoms with Gasteiger partial charge in [-0.2, -0.15) is 0 Å². The third-order valence-electron chi connectivity index (χ3n) is 4.40. The molecule has 2 aromatic heterocycles. The zero-order valence-electron chi connectivity index (χ0n) is 14.4. The molecule has 0 aromatic carbocycles. The van der Waals surface area contributed by atoms with Gasteiger partial charge in [0, 0.05) is 25.5 Å². The molecule has 1 aliphatic heterocycles. The molecule has 1 saturated heterocycles. The first kappa shape index (κ1) is 16.4. The van der Waals surface area contributed by atoms with E-state index in [1.54, 1.807) is 11.0 Å². The van der Waals surface area contributed by atoms with E-state index in [9.17, 15) is 9.59 Å². The number of imidazole rings is 1. The summed E-state index contributed by atoms with van der Waals surface area (Å²) < 4.78 is 7.70. The number of nitrogens with one attached hydrogen (secondary N) is 1. The lowest BCUT2D eigenvalue weighted by atomic mass is 10.1. The van der Waals surface area contributed by atoms with Crippen molar-refractivity contribution >= 4 is 5.91 Å². The van der Waals surface area contributed by atoms with Gasteiger partial charge in [0.1, 0.15) is 17.5 Å². The zero-order chi connectivity index (χ0) is 17.4. The maximum atomic E-state index is 12.8. The van der Waals surface area contributed by atoms with Crippen molar-refractivity contribution in [3.05, 3.63) is 51.0 Å². The molecule has 0 radical (unpaired) electrons. The molecule has 3 rings (SSSR count). The number of nitrogens with zero attached hydrogens (tertiary/aromatic N) is 3. The Bertz CT molecular complexity index is 837. The van der Waals surface area contributed by atoms with Crippen LogP contribution in [0, 0.1) is 20.8 Å². The number of morpholine rings is 1. The molecule has 2 aromatic rings. The molecule has 1 fully saturated rings. The first-order valence-corrected chi connectivity index (χ1v) is 7.98. The maximum Gasteiger partial charge on any atom is 0.261 e. The standard InChI is InChI=1S/C17H22N4O3/c1-10-7-13(16(22)19-12(10)3)17(23)21-5-6-24-14(9-21)15-18-11(2)8-20(15)4/h7-8,14H,5-6,9H2,1-4H3,(H,19,22)/t14-/m1/s1. The topological polar surface area (TPSA) is 80.2 Å². The van der Waals surface area contributed by atoms with Crippen LogP contribution in [0.25, 0.3) is 0 Å². The van der Waals surface area contributed by atoms with E-state index >= 15 is 0 Å². The van der Waals surface area contributed by atoms with Crippen molar-refractivity contribution in [2.75, 3.05) is 19.7 Å². The number of H-pyrrole nitrogens is 1. The third-order valence-corrected chi connectivity index (χ3v) is 4.40. The van der Waals surface area contributed by atoms with Gasteiger partial charge >= 0.3 is 0 Å². The van der Waals surface area contributed by atoms with Gasteiger partial charge in [-0.05, 0) is 32.4 Å². The molecule has 7 heteroatoms. The maximum absolute atomic E-state index is 12.8. The average Bonchev–Trinajstić information content (AvgIpc) is 2.89. The summed E-state index contributed by atoms with van der Waals surface area (Å²) in [5, 5.41) is 0. The first-order chi connectivity index (χ1) is 11.4. The van der Waals surface area contributed by atoms with E-state index in [0.29, 0.717) is 19.7 Å². The molecule has 1 atom stereocenters. The molecule has 1 aliphatic rings. The number of rotatable bonds is 2. The Morgan fingerprint density at radius 2 is 2.12 bits per heavy atom. The van der Waals surface area contributed by atoms with Gasteiger partial charge in [0.05, 0.1) is 18.8 Å². The molecule has 0 aliphatic carbocycles. The molecule has 7 nitrogen and oxygen atoms in total. The Balaban J connectivity index is 1.85. The van der Waals surface area contributed by atoms with Crippen LogP contribution < -0.4 is 5.56 Å². The minimum atomic E-state index is -0.348. The molecule has 0 spiro atoms. The van der Waals surface area contributed by atoms with E-state index in [2.05, 4.69) is 9.97 Å². The Hall–Kier alpha value is -2.41. The van der Waals surface area contributed by atoms with Gasteiger partial charge in [-0.25, -0.2) is 4.98 Å². The highest BCUT2D eigenvalue weighted by atomic mass is 16.5. The van der Waals surface area contributed by atoms with Crippen LogP contribution in [0.3, 0.4) is 0 Å². The number of aromatic amines is 1. The first-order valence-electron chi connectivity index (χ1n) is 7.98. The summed E-state index contributed by atoms with van der Waals surface area (Å²) in [7, 11) is 1.91. The monoisotopic (exact) mass is 330 g/mol. The van der Waals surface area contributed by atoms with E-state index in [1.165, 1.54) is 0 Å². The molecule has 3 heterocycles. The molecular weight excluding hydrogens is 308 g/mol. The number of hydrogen-bond acceptors (Lipinski definition) is 4.